The van der Waals surface area contributed by atoms with Gasteiger partial charge in [-0.2, -0.15) is 13.2 Å². The molecule has 0 aliphatic carbocycles. The number of aliphatic carboxylic acids is 1. The molecule has 2 heterocycles. The maximum Gasteiger partial charge on any atom is 0.416 e. The van der Waals surface area contributed by atoms with E-state index in [1.165, 1.54) is 12.1 Å². The average Bonchev–Trinajstić information content (AvgIpc) is 2.76. The van der Waals surface area contributed by atoms with E-state index in [1.54, 1.807) is 0 Å². The van der Waals surface area contributed by atoms with Crippen LogP contribution < -0.4 is 0 Å². The summed E-state index contributed by atoms with van der Waals surface area (Å²) in [5.74, 6) is 6.08. The molecule has 2 fully saturated rings. The molecular weight excluding hydrogens is 431 g/mol. The summed E-state index contributed by atoms with van der Waals surface area (Å²) in [6.45, 7) is 7.86. The van der Waals surface area contributed by atoms with Gasteiger partial charge in [0.2, 0.25) is 0 Å². The number of likely N-dealkylation sites (tertiary alicyclic amines) is 1. The van der Waals surface area contributed by atoms with Crippen LogP contribution in [0.5, 0.6) is 0 Å². The zero-order chi connectivity index (χ0) is 24.0. The molecule has 4 nitrogen and oxygen atoms in total. The van der Waals surface area contributed by atoms with E-state index in [2.05, 4.69) is 23.3 Å². The number of carboxylic acids is 1. The molecule has 2 aliphatic heterocycles. The second-order valence-electron chi connectivity index (χ2n) is 9.22. The number of halogens is 3. The quantitative estimate of drug-likeness (QED) is 0.550. The molecule has 3 rings (SSSR count). The Bertz CT molecular complexity index is 879. The van der Waals surface area contributed by atoms with Crippen LogP contribution in [0.25, 0.3) is 0 Å². The fraction of sp³-hybridized carbons (Fsp3) is 0.577. The molecule has 1 aromatic rings. The normalized spacial score (nSPS) is 23.4. The molecule has 0 amide bonds. The molecule has 3 atom stereocenters. The number of alkyl halides is 3. The molecule has 2 aliphatic rings. The maximum absolute atomic E-state index is 13.1. The Morgan fingerprint density at radius 1 is 1.21 bits per heavy atom. The van der Waals surface area contributed by atoms with E-state index < -0.39 is 17.7 Å². The van der Waals surface area contributed by atoms with Crippen molar-refractivity contribution in [3.8, 4) is 11.8 Å². The van der Waals surface area contributed by atoms with Crippen LogP contribution in [0.2, 0.25) is 0 Å². The molecule has 180 valence electrons. The van der Waals surface area contributed by atoms with Crippen LogP contribution in [0, 0.1) is 23.7 Å². The van der Waals surface area contributed by atoms with Crippen molar-refractivity contribution in [1.29, 1.82) is 0 Å². The second-order valence-corrected chi connectivity index (χ2v) is 9.22. The highest BCUT2D eigenvalue weighted by Gasteiger charge is 2.36. The Balaban J connectivity index is 1.90. The Labute approximate surface area is 193 Å². The highest BCUT2D eigenvalue weighted by atomic mass is 19.4. The Morgan fingerprint density at radius 2 is 1.88 bits per heavy atom. The predicted molar refractivity (Wildman–Crippen MR) is 120 cm³/mol. The third kappa shape index (κ3) is 7.35. The number of piperidine rings is 1. The van der Waals surface area contributed by atoms with E-state index in [0.717, 1.165) is 62.2 Å². The summed E-state index contributed by atoms with van der Waals surface area (Å²) < 4.78 is 44.8. The first kappa shape index (κ1) is 25.3. The summed E-state index contributed by atoms with van der Waals surface area (Å²) in [6.07, 6.45) is -0.247. The third-order valence-corrected chi connectivity index (χ3v) is 6.59. The first-order valence-corrected chi connectivity index (χ1v) is 11.5. The second kappa shape index (κ2) is 11.2. The highest BCUT2D eigenvalue weighted by molar-refractivity contribution is 5.67. The zero-order valence-corrected chi connectivity index (χ0v) is 19.0. The number of rotatable bonds is 6. The van der Waals surface area contributed by atoms with Gasteiger partial charge < -0.3 is 9.84 Å². The molecule has 0 aromatic heterocycles. The third-order valence-electron chi connectivity index (χ3n) is 6.59. The Morgan fingerprint density at radius 3 is 2.45 bits per heavy atom. The summed E-state index contributed by atoms with van der Waals surface area (Å²) in [4.78, 5) is 13.6. The summed E-state index contributed by atoms with van der Waals surface area (Å²) >= 11 is 0. The maximum atomic E-state index is 13.1. The molecule has 2 saturated heterocycles. The molecule has 0 radical (unpaired) electrons. The van der Waals surface area contributed by atoms with Crippen LogP contribution in [0.3, 0.4) is 0 Å². The van der Waals surface area contributed by atoms with E-state index in [-0.39, 0.29) is 24.4 Å². The molecule has 33 heavy (non-hydrogen) atoms. The zero-order valence-electron chi connectivity index (χ0n) is 19.0. The lowest BCUT2D eigenvalue weighted by Crippen LogP contribution is -2.44. The summed E-state index contributed by atoms with van der Waals surface area (Å²) in [5.41, 5.74) is 0.850. The van der Waals surface area contributed by atoms with Gasteiger partial charge in [-0.1, -0.05) is 30.6 Å². The van der Waals surface area contributed by atoms with Crippen LogP contribution in [0.4, 0.5) is 13.2 Å². The minimum atomic E-state index is -4.39. The van der Waals surface area contributed by atoms with Gasteiger partial charge in [0.1, 0.15) is 0 Å². The van der Waals surface area contributed by atoms with Crippen molar-refractivity contribution in [3.63, 3.8) is 0 Å². The van der Waals surface area contributed by atoms with Crippen molar-refractivity contribution in [2.45, 2.75) is 63.7 Å². The van der Waals surface area contributed by atoms with Gasteiger partial charge in [-0.05, 0) is 74.1 Å². The average molecular weight is 464 g/mol. The van der Waals surface area contributed by atoms with E-state index in [1.807, 2.05) is 6.92 Å². The number of carboxylic acid groups (broad SMARTS) is 1. The minimum Gasteiger partial charge on any atom is -0.481 e. The Kier molecular flexibility index (Phi) is 8.61. The summed E-state index contributed by atoms with van der Waals surface area (Å²) in [7, 11) is 0. The van der Waals surface area contributed by atoms with Crippen molar-refractivity contribution < 1.29 is 27.8 Å². The minimum absolute atomic E-state index is 0.0242. The van der Waals surface area contributed by atoms with Crippen molar-refractivity contribution in [1.82, 2.24) is 4.90 Å². The van der Waals surface area contributed by atoms with E-state index in [0.29, 0.717) is 18.9 Å². The predicted octanol–water partition coefficient (Wildman–Crippen LogP) is 5.70. The van der Waals surface area contributed by atoms with Crippen molar-refractivity contribution in [2.24, 2.45) is 11.8 Å². The van der Waals surface area contributed by atoms with E-state index in [9.17, 15) is 23.1 Å². The lowest BCUT2D eigenvalue weighted by molar-refractivity contribution is -0.139. The van der Waals surface area contributed by atoms with Crippen LogP contribution in [0.1, 0.15) is 62.6 Å². The van der Waals surface area contributed by atoms with Gasteiger partial charge >= 0.3 is 12.1 Å². The van der Waals surface area contributed by atoms with Gasteiger partial charge in [-0.3, -0.25) is 9.69 Å². The molecular formula is C26H32F3NO3. The van der Waals surface area contributed by atoms with E-state index in [4.69, 9.17) is 4.74 Å². The first-order chi connectivity index (χ1) is 15.6. The number of benzene rings is 1. The first-order valence-electron chi connectivity index (χ1n) is 11.5. The van der Waals surface area contributed by atoms with Gasteiger partial charge in [0.25, 0.3) is 0 Å². The molecule has 0 unspecified atom stereocenters. The van der Waals surface area contributed by atoms with Crippen LogP contribution in [0.15, 0.2) is 36.4 Å². The summed E-state index contributed by atoms with van der Waals surface area (Å²) in [5, 5.41) is 9.30. The van der Waals surface area contributed by atoms with E-state index >= 15 is 0 Å². The molecule has 1 N–H and O–H groups in total. The number of hydrogen-bond acceptors (Lipinski definition) is 3. The number of nitrogens with zero attached hydrogens (tertiary/aromatic N) is 1. The largest absolute Gasteiger partial charge is 0.481 e. The van der Waals surface area contributed by atoms with Crippen LogP contribution >= 0.6 is 0 Å². The molecule has 0 saturated carbocycles. The Hall–Kier alpha value is -2.30. The monoisotopic (exact) mass is 463 g/mol. The standard InChI is InChI=1S/C26H32F3NO3/c1-18(2)3-8-23(15-19-10-13-33-14-11-19)30-12-9-20(17-25(31)32)16-24(30)21-4-6-22(7-5-21)26(27,28)29/h4-7,19-20,23-24H,1,9-17H2,2H3,(H,31,32)/t20-,23-,24+/m1/s1. The highest BCUT2D eigenvalue weighted by Crippen LogP contribution is 2.39. The molecule has 0 bridgehead atoms. The van der Waals surface area contributed by atoms with Gasteiger partial charge in [-0.25, -0.2) is 0 Å². The lowest BCUT2D eigenvalue weighted by Gasteiger charge is -2.43. The van der Waals surface area contributed by atoms with Crippen molar-refractivity contribution in [2.75, 3.05) is 19.8 Å². The van der Waals surface area contributed by atoms with Crippen molar-refractivity contribution in [3.05, 3.63) is 47.5 Å². The van der Waals surface area contributed by atoms with Gasteiger partial charge in [0.05, 0.1) is 11.6 Å². The smallest absolute Gasteiger partial charge is 0.416 e. The molecule has 1 aromatic carbocycles. The molecule has 7 heteroatoms. The van der Waals surface area contributed by atoms with Gasteiger partial charge in [-0.15, -0.1) is 0 Å². The van der Waals surface area contributed by atoms with Crippen LogP contribution in [-0.4, -0.2) is 41.8 Å². The molecule has 0 spiro atoms. The van der Waals surface area contributed by atoms with Gasteiger partial charge in [0.15, 0.2) is 0 Å². The topological polar surface area (TPSA) is 49.8 Å². The summed E-state index contributed by atoms with van der Waals surface area (Å²) in [6, 6.07) is 5.02. The fourth-order valence-corrected chi connectivity index (χ4v) is 4.87. The van der Waals surface area contributed by atoms with Crippen molar-refractivity contribution >= 4 is 5.97 Å². The number of hydrogen-bond donors (Lipinski definition) is 1. The number of ether oxygens (including phenoxy) is 1. The van der Waals surface area contributed by atoms with Gasteiger partial charge in [0, 0.05) is 32.2 Å². The fourth-order valence-electron chi connectivity index (χ4n) is 4.87. The van der Waals surface area contributed by atoms with Crippen LogP contribution in [-0.2, 0) is 15.7 Å². The SMILES string of the molecule is C=C(C)C#C[C@H](CC1CCOCC1)N1CC[C@@H](CC(=O)O)C[C@H]1c1ccc(C(F)(F)F)cc1. The number of carbonyl (C=O) groups is 1. The number of allylic oxidation sites excluding steroid dienone is 1. The lowest BCUT2D eigenvalue weighted by atomic mass is 9.82.